The molecule has 1 fully saturated rings. The van der Waals surface area contributed by atoms with Crippen LogP contribution in [0.15, 0.2) is 57.6 Å². The molecule has 1 aliphatic rings. The van der Waals surface area contributed by atoms with Crippen LogP contribution in [0, 0.1) is 5.82 Å². The minimum atomic E-state index is -0.433. The van der Waals surface area contributed by atoms with Gasteiger partial charge in [0.25, 0.3) is 5.91 Å². The first-order chi connectivity index (χ1) is 14.1. The molecule has 1 aliphatic heterocycles. The highest BCUT2D eigenvalue weighted by molar-refractivity contribution is 6.32. The molecule has 0 aliphatic carbocycles. The minimum absolute atomic E-state index is 0.0928. The molecule has 1 aromatic carbocycles. The summed E-state index contributed by atoms with van der Waals surface area (Å²) in [6.45, 7) is 3.62. The molecule has 0 bridgehead atoms. The molecular weight excluding hydrogens is 399 g/mol. The van der Waals surface area contributed by atoms with Crippen molar-refractivity contribution in [2.45, 2.75) is 13.2 Å². The molecule has 0 atom stereocenters. The van der Waals surface area contributed by atoms with E-state index in [1.54, 1.807) is 23.3 Å². The van der Waals surface area contributed by atoms with Crippen molar-refractivity contribution in [1.82, 2.24) is 9.80 Å². The lowest BCUT2D eigenvalue weighted by Gasteiger charge is -2.33. The smallest absolute Gasteiger partial charge is 0.289 e. The Morgan fingerprint density at radius 3 is 2.66 bits per heavy atom. The summed E-state index contributed by atoms with van der Waals surface area (Å²) in [6.07, 6.45) is 1.66. The third-order valence-electron chi connectivity index (χ3n) is 4.76. The van der Waals surface area contributed by atoms with Gasteiger partial charge in [0.2, 0.25) is 0 Å². The fourth-order valence-corrected chi connectivity index (χ4v) is 3.42. The second-order valence-corrected chi connectivity index (χ2v) is 7.18. The Balaban J connectivity index is 1.29. The van der Waals surface area contributed by atoms with Crippen LogP contribution in [0.3, 0.4) is 0 Å². The Bertz CT molecular complexity index is 965. The predicted molar refractivity (Wildman–Crippen MR) is 104 cm³/mol. The number of hydrogen-bond acceptors (Lipinski definition) is 5. The summed E-state index contributed by atoms with van der Waals surface area (Å²) in [5.41, 5.74) is 0. The first-order valence-corrected chi connectivity index (χ1v) is 9.67. The van der Waals surface area contributed by atoms with E-state index in [-0.39, 0.29) is 23.3 Å². The van der Waals surface area contributed by atoms with Crippen LogP contribution < -0.4 is 4.74 Å². The van der Waals surface area contributed by atoms with E-state index in [0.29, 0.717) is 24.6 Å². The molecule has 0 radical (unpaired) electrons. The summed E-state index contributed by atoms with van der Waals surface area (Å²) in [4.78, 5) is 16.7. The molecule has 6 nitrogen and oxygen atoms in total. The largest absolute Gasteiger partial charge is 0.484 e. The molecule has 0 unspecified atom stereocenters. The van der Waals surface area contributed by atoms with Crippen LogP contribution >= 0.6 is 11.6 Å². The van der Waals surface area contributed by atoms with E-state index < -0.39 is 5.82 Å². The molecule has 2 aromatic heterocycles. The third kappa shape index (κ3) is 4.81. The number of amides is 1. The lowest BCUT2D eigenvalue weighted by Crippen LogP contribution is -2.48. The number of rotatable bonds is 6. The average molecular weight is 419 g/mol. The maximum Gasteiger partial charge on any atom is 0.289 e. The topological polar surface area (TPSA) is 59.1 Å². The molecule has 8 heteroatoms. The van der Waals surface area contributed by atoms with Crippen molar-refractivity contribution in [3.63, 3.8) is 0 Å². The highest BCUT2D eigenvalue weighted by Gasteiger charge is 2.24. The van der Waals surface area contributed by atoms with Gasteiger partial charge in [-0.05, 0) is 42.5 Å². The van der Waals surface area contributed by atoms with E-state index in [1.165, 1.54) is 18.2 Å². The van der Waals surface area contributed by atoms with E-state index in [4.69, 9.17) is 25.2 Å². The number of hydrogen-bond donors (Lipinski definition) is 0. The van der Waals surface area contributed by atoms with Crippen LogP contribution in [0.4, 0.5) is 4.39 Å². The Kier molecular flexibility index (Phi) is 5.87. The monoisotopic (exact) mass is 418 g/mol. The number of benzene rings is 1. The molecule has 4 rings (SSSR count). The Hall–Kier alpha value is -2.77. The molecule has 0 N–H and O–H groups in total. The highest BCUT2D eigenvalue weighted by atomic mass is 35.5. The van der Waals surface area contributed by atoms with Crippen molar-refractivity contribution < 1.29 is 22.8 Å². The van der Waals surface area contributed by atoms with Crippen molar-refractivity contribution in [1.29, 1.82) is 0 Å². The zero-order chi connectivity index (χ0) is 20.2. The number of carbonyl (C=O) groups is 1. The number of carbonyl (C=O) groups excluding carboxylic acids is 1. The van der Waals surface area contributed by atoms with Gasteiger partial charge in [0.1, 0.15) is 29.7 Å². The SMILES string of the molecule is O=C(c1ccc(COc2ccc(F)cc2Cl)o1)N1CCN(Cc2ccco2)CC1. The van der Waals surface area contributed by atoms with Gasteiger partial charge >= 0.3 is 0 Å². The minimum Gasteiger partial charge on any atom is -0.484 e. The number of nitrogens with zero attached hydrogens (tertiary/aromatic N) is 2. The third-order valence-corrected chi connectivity index (χ3v) is 5.05. The van der Waals surface area contributed by atoms with Gasteiger partial charge in [0.15, 0.2) is 5.76 Å². The fourth-order valence-electron chi connectivity index (χ4n) is 3.20. The van der Waals surface area contributed by atoms with Crippen LogP contribution in [0.25, 0.3) is 0 Å². The van der Waals surface area contributed by atoms with Gasteiger partial charge in [0.05, 0.1) is 17.8 Å². The van der Waals surface area contributed by atoms with Gasteiger partial charge < -0.3 is 18.5 Å². The lowest BCUT2D eigenvalue weighted by atomic mass is 10.2. The molecule has 3 heterocycles. The molecule has 1 amide bonds. The van der Waals surface area contributed by atoms with Crippen molar-refractivity contribution in [3.05, 3.63) is 76.8 Å². The summed E-state index contributed by atoms with van der Waals surface area (Å²) in [6, 6.07) is 11.1. The molecule has 3 aromatic rings. The predicted octanol–water partition coefficient (Wildman–Crippen LogP) is 4.20. The number of ether oxygens (including phenoxy) is 1. The highest BCUT2D eigenvalue weighted by Crippen LogP contribution is 2.26. The van der Waals surface area contributed by atoms with Crippen molar-refractivity contribution >= 4 is 17.5 Å². The summed E-state index contributed by atoms with van der Waals surface area (Å²) < 4.78 is 29.6. The molecule has 29 heavy (non-hydrogen) atoms. The van der Waals surface area contributed by atoms with Gasteiger partial charge in [-0.25, -0.2) is 4.39 Å². The van der Waals surface area contributed by atoms with Crippen molar-refractivity contribution in [2.75, 3.05) is 26.2 Å². The van der Waals surface area contributed by atoms with Crippen molar-refractivity contribution in [2.24, 2.45) is 0 Å². The zero-order valence-corrected chi connectivity index (χ0v) is 16.4. The molecule has 152 valence electrons. The van der Waals surface area contributed by atoms with E-state index in [2.05, 4.69) is 4.90 Å². The van der Waals surface area contributed by atoms with Crippen LogP contribution in [0.2, 0.25) is 5.02 Å². The van der Waals surface area contributed by atoms with E-state index in [0.717, 1.165) is 25.4 Å². The lowest BCUT2D eigenvalue weighted by molar-refractivity contribution is 0.0586. The van der Waals surface area contributed by atoms with Crippen molar-refractivity contribution in [3.8, 4) is 5.75 Å². The molecule has 0 spiro atoms. The van der Waals surface area contributed by atoms with E-state index in [1.807, 2.05) is 12.1 Å². The number of halogens is 2. The van der Waals surface area contributed by atoms with Gasteiger partial charge in [0, 0.05) is 26.2 Å². The summed E-state index contributed by atoms with van der Waals surface area (Å²) >= 11 is 5.94. The first-order valence-electron chi connectivity index (χ1n) is 9.29. The van der Waals surface area contributed by atoms with E-state index in [9.17, 15) is 9.18 Å². The molecule has 1 saturated heterocycles. The van der Waals surface area contributed by atoms with Gasteiger partial charge in [-0.15, -0.1) is 0 Å². The maximum absolute atomic E-state index is 13.1. The maximum atomic E-state index is 13.1. The second kappa shape index (κ2) is 8.71. The van der Waals surface area contributed by atoms with Gasteiger partial charge in [-0.3, -0.25) is 9.69 Å². The zero-order valence-electron chi connectivity index (χ0n) is 15.6. The fraction of sp³-hybridized carbons (Fsp3) is 0.286. The average Bonchev–Trinajstić information content (AvgIpc) is 3.39. The second-order valence-electron chi connectivity index (χ2n) is 6.78. The van der Waals surface area contributed by atoms with Crippen LogP contribution in [0.1, 0.15) is 22.1 Å². The number of piperazine rings is 1. The summed E-state index contributed by atoms with van der Waals surface area (Å²) in [7, 11) is 0. The van der Waals surface area contributed by atoms with Crippen LogP contribution in [0.5, 0.6) is 5.75 Å². The Labute approximate surface area is 172 Å². The first kappa shape index (κ1) is 19.5. The van der Waals surface area contributed by atoms with Gasteiger partial charge in [-0.2, -0.15) is 0 Å². The standard InChI is InChI=1S/C21H20ClFN2O4/c22-18-12-15(23)3-5-19(18)28-14-17-4-6-20(29-17)21(26)25-9-7-24(8-10-25)13-16-2-1-11-27-16/h1-6,11-12H,7-10,13-14H2. The normalized spacial score (nSPS) is 14.9. The quantitative estimate of drug-likeness (QED) is 0.600. The van der Waals surface area contributed by atoms with Crippen LogP contribution in [-0.4, -0.2) is 41.9 Å². The summed E-state index contributed by atoms with van der Waals surface area (Å²) in [5, 5.41) is 0.181. The number of furan rings is 2. The Morgan fingerprint density at radius 2 is 1.93 bits per heavy atom. The van der Waals surface area contributed by atoms with E-state index >= 15 is 0 Å². The Morgan fingerprint density at radius 1 is 1.10 bits per heavy atom. The van der Waals surface area contributed by atoms with Crippen LogP contribution in [-0.2, 0) is 13.2 Å². The molecule has 0 saturated carbocycles. The molecular formula is C21H20ClFN2O4. The summed E-state index contributed by atoms with van der Waals surface area (Å²) in [5.74, 6) is 1.46. The van der Waals surface area contributed by atoms with Gasteiger partial charge in [-0.1, -0.05) is 11.6 Å².